The molecule has 0 amide bonds. The number of nitrogens with zero attached hydrogens (tertiary/aromatic N) is 2. The second-order valence-corrected chi connectivity index (χ2v) is 6.93. The first kappa shape index (κ1) is 14.4. The van der Waals surface area contributed by atoms with Gasteiger partial charge in [-0.15, -0.1) is 0 Å². The number of hydrogen-bond donors (Lipinski definition) is 1. The number of nitrogens with one attached hydrogen (secondary N) is 1. The lowest BCUT2D eigenvalue weighted by Gasteiger charge is -2.14. The summed E-state index contributed by atoms with van der Waals surface area (Å²) in [5, 5.41) is 4.59. The maximum absolute atomic E-state index is 12.5. The van der Waals surface area contributed by atoms with Gasteiger partial charge in [-0.1, -0.05) is 17.7 Å². The Bertz CT molecular complexity index is 781. The van der Waals surface area contributed by atoms with Crippen molar-refractivity contribution in [3.8, 4) is 5.75 Å². The van der Waals surface area contributed by atoms with E-state index in [2.05, 4.69) is 9.82 Å². The number of aromatic nitrogens is 2. The summed E-state index contributed by atoms with van der Waals surface area (Å²) in [5.74, 6) is 0.608. The summed E-state index contributed by atoms with van der Waals surface area (Å²) in [4.78, 5) is 0. The molecule has 21 heavy (non-hydrogen) atoms. The van der Waals surface area contributed by atoms with Crippen molar-refractivity contribution in [2.45, 2.75) is 18.0 Å². The number of rotatable bonds is 3. The summed E-state index contributed by atoms with van der Waals surface area (Å²) >= 11 is 6.15. The molecule has 1 unspecified atom stereocenters. The minimum Gasteiger partial charge on any atom is -0.491 e. The van der Waals surface area contributed by atoms with E-state index in [0.29, 0.717) is 21.9 Å². The second kappa shape index (κ2) is 5.01. The van der Waals surface area contributed by atoms with E-state index >= 15 is 0 Å². The molecule has 112 valence electrons. The maximum atomic E-state index is 12.5. The molecule has 0 fully saturated rings. The summed E-state index contributed by atoms with van der Waals surface area (Å²) in [5.41, 5.74) is 1.26. The largest absolute Gasteiger partial charge is 0.491 e. The van der Waals surface area contributed by atoms with Crippen LogP contribution in [0.25, 0.3) is 0 Å². The topological polar surface area (TPSA) is 73.2 Å². The van der Waals surface area contributed by atoms with Crippen LogP contribution in [-0.2, 0) is 17.1 Å². The average molecular weight is 328 g/mol. The van der Waals surface area contributed by atoms with Crippen molar-refractivity contribution in [3.63, 3.8) is 0 Å². The van der Waals surface area contributed by atoms with Gasteiger partial charge >= 0.3 is 0 Å². The molecule has 3 rings (SSSR count). The number of aryl methyl sites for hydroxylation is 2. The Labute approximate surface area is 127 Å². The van der Waals surface area contributed by atoms with Crippen LogP contribution in [0.4, 0.5) is 0 Å². The summed E-state index contributed by atoms with van der Waals surface area (Å²) < 4.78 is 34.5. The van der Waals surface area contributed by atoms with Crippen LogP contribution >= 0.6 is 11.6 Å². The molecule has 1 atom stereocenters. The van der Waals surface area contributed by atoms with Gasteiger partial charge < -0.3 is 4.74 Å². The molecule has 0 bridgehead atoms. The molecular formula is C13H14ClN3O3S. The Balaban J connectivity index is 1.96. The number of hydrogen-bond acceptors (Lipinski definition) is 4. The van der Waals surface area contributed by atoms with Gasteiger partial charge in [0.15, 0.2) is 5.03 Å². The van der Waals surface area contributed by atoms with Crippen LogP contribution in [0.2, 0.25) is 5.02 Å². The fourth-order valence-corrected chi connectivity index (χ4v) is 4.34. The van der Waals surface area contributed by atoms with Gasteiger partial charge in [-0.25, -0.2) is 8.42 Å². The quantitative estimate of drug-likeness (QED) is 0.933. The van der Waals surface area contributed by atoms with Gasteiger partial charge in [0.2, 0.25) is 0 Å². The second-order valence-electron chi connectivity index (χ2n) is 4.89. The van der Waals surface area contributed by atoms with Crippen LogP contribution in [0.1, 0.15) is 17.2 Å². The van der Waals surface area contributed by atoms with Gasteiger partial charge in [0.05, 0.1) is 12.2 Å². The van der Waals surface area contributed by atoms with E-state index in [4.69, 9.17) is 16.3 Å². The lowest BCUT2D eigenvalue weighted by Crippen LogP contribution is -2.31. The molecule has 1 N–H and O–H groups in total. The zero-order chi connectivity index (χ0) is 15.2. The first-order valence-electron chi connectivity index (χ1n) is 6.32. The van der Waals surface area contributed by atoms with Crippen molar-refractivity contribution < 1.29 is 13.2 Å². The summed E-state index contributed by atoms with van der Waals surface area (Å²) in [6.45, 7) is 1.92. The molecule has 1 aliphatic heterocycles. The highest BCUT2D eigenvalue weighted by Crippen LogP contribution is 2.38. The molecule has 6 nitrogen and oxygen atoms in total. The van der Waals surface area contributed by atoms with E-state index in [9.17, 15) is 8.42 Å². The van der Waals surface area contributed by atoms with Crippen LogP contribution in [0.3, 0.4) is 0 Å². The Morgan fingerprint density at radius 1 is 1.48 bits per heavy atom. The number of ether oxygens (including phenoxy) is 1. The molecule has 0 saturated heterocycles. The van der Waals surface area contributed by atoms with Gasteiger partial charge in [-0.2, -0.15) is 9.82 Å². The van der Waals surface area contributed by atoms with Gasteiger partial charge in [0.25, 0.3) is 10.0 Å². The maximum Gasteiger partial charge on any atom is 0.258 e. The SMILES string of the molecule is Cc1cnn(C)c1S(=O)(=O)NC1COc2cccc(Cl)c21. The molecule has 1 aliphatic rings. The number of benzene rings is 1. The van der Waals surface area contributed by atoms with Gasteiger partial charge in [-0.05, 0) is 19.1 Å². The molecule has 0 spiro atoms. The third kappa shape index (κ3) is 2.41. The Morgan fingerprint density at radius 3 is 2.90 bits per heavy atom. The summed E-state index contributed by atoms with van der Waals surface area (Å²) in [7, 11) is -2.12. The molecule has 2 heterocycles. The lowest BCUT2D eigenvalue weighted by atomic mass is 10.1. The molecule has 1 aromatic heterocycles. The minimum atomic E-state index is -3.71. The fraction of sp³-hybridized carbons (Fsp3) is 0.308. The highest BCUT2D eigenvalue weighted by Gasteiger charge is 2.32. The van der Waals surface area contributed by atoms with Gasteiger partial charge in [0, 0.05) is 23.2 Å². The fourth-order valence-electron chi connectivity index (χ4n) is 2.50. The first-order chi connectivity index (χ1) is 9.90. The highest BCUT2D eigenvalue weighted by molar-refractivity contribution is 7.89. The monoisotopic (exact) mass is 327 g/mol. The van der Waals surface area contributed by atoms with E-state index in [0.717, 1.165) is 0 Å². The first-order valence-corrected chi connectivity index (χ1v) is 8.18. The molecule has 1 aromatic carbocycles. The zero-order valence-corrected chi connectivity index (χ0v) is 13.1. The van der Waals surface area contributed by atoms with Crippen molar-refractivity contribution in [2.75, 3.05) is 6.61 Å². The van der Waals surface area contributed by atoms with E-state index in [1.165, 1.54) is 10.9 Å². The number of sulfonamides is 1. The third-order valence-corrected chi connectivity index (χ3v) is 5.39. The van der Waals surface area contributed by atoms with Crippen molar-refractivity contribution in [1.29, 1.82) is 0 Å². The van der Waals surface area contributed by atoms with E-state index in [1.54, 1.807) is 32.2 Å². The minimum absolute atomic E-state index is 0.142. The van der Waals surface area contributed by atoms with Crippen LogP contribution in [0.15, 0.2) is 29.4 Å². The molecular weight excluding hydrogens is 314 g/mol. The zero-order valence-electron chi connectivity index (χ0n) is 11.5. The van der Waals surface area contributed by atoms with Gasteiger partial charge in [0.1, 0.15) is 12.4 Å². The summed E-state index contributed by atoms with van der Waals surface area (Å²) in [6.07, 6.45) is 1.51. The molecule has 0 radical (unpaired) electrons. The van der Waals surface area contributed by atoms with Crippen LogP contribution in [-0.4, -0.2) is 24.8 Å². The standard InChI is InChI=1S/C13H14ClN3O3S/c1-8-6-15-17(2)13(8)21(18,19)16-10-7-20-11-5-3-4-9(14)12(10)11/h3-6,10,16H,7H2,1-2H3. The van der Waals surface area contributed by atoms with Crippen molar-refractivity contribution in [2.24, 2.45) is 7.05 Å². The molecule has 8 heteroatoms. The Kier molecular flexibility index (Phi) is 3.43. The molecule has 2 aromatic rings. The lowest BCUT2D eigenvalue weighted by molar-refractivity contribution is 0.325. The predicted molar refractivity (Wildman–Crippen MR) is 78.0 cm³/mol. The highest BCUT2D eigenvalue weighted by atomic mass is 35.5. The van der Waals surface area contributed by atoms with E-state index in [1.807, 2.05) is 0 Å². The van der Waals surface area contributed by atoms with E-state index in [-0.39, 0.29) is 11.6 Å². The van der Waals surface area contributed by atoms with Crippen molar-refractivity contribution in [1.82, 2.24) is 14.5 Å². The predicted octanol–water partition coefficient (Wildman–Crippen LogP) is 1.79. The van der Waals surface area contributed by atoms with Crippen molar-refractivity contribution in [3.05, 3.63) is 40.5 Å². The average Bonchev–Trinajstić information content (AvgIpc) is 2.94. The smallest absolute Gasteiger partial charge is 0.258 e. The van der Waals surface area contributed by atoms with Crippen LogP contribution in [0, 0.1) is 6.92 Å². The van der Waals surface area contributed by atoms with E-state index < -0.39 is 16.1 Å². The number of fused-ring (bicyclic) bond motifs is 1. The van der Waals surface area contributed by atoms with Crippen LogP contribution < -0.4 is 9.46 Å². The molecule has 0 aliphatic carbocycles. The Hall–Kier alpha value is -1.57. The van der Waals surface area contributed by atoms with Gasteiger partial charge in [-0.3, -0.25) is 4.68 Å². The van der Waals surface area contributed by atoms with Crippen LogP contribution in [0.5, 0.6) is 5.75 Å². The normalized spacial score (nSPS) is 17.6. The summed E-state index contributed by atoms with van der Waals surface area (Å²) in [6, 6.07) is 4.74. The molecule has 0 saturated carbocycles. The number of halogens is 1. The third-order valence-electron chi connectivity index (χ3n) is 3.37. The Morgan fingerprint density at radius 2 is 2.24 bits per heavy atom. The van der Waals surface area contributed by atoms with Crippen molar-refractivity contribution >= 4 is 21.6 Å².